The number of benzene rings is 2. The average molecular weight is 438 g/mol. The van der Waals surface area contributed by atoms with Crippen molar-refractivity contribution in [2.24, 2.45) is 0 Å². The predicted octanol–water partition coefficient (Wildman–Crippen LogP) is 4.17. The number of anilines is 2. The van der Waals surface area contributed by atoms with Crippen molar-refractivity contribution in [1.82, 2.24) is 14.8 Å². The van der Waals surface area contributed by atoms with Crippen LogP contribution in [0.5, 0.6) is 0 Å². The van der Waals surface area contributed by atoms with E-state index >= 15 is 0 Å². The van der Waals surface area contributed by atoms with E-state index in [-0.39, 0.29) is 11.8 Å². The van der Waals surface area contributed by atoms with Crippen LogP contribution in [-0.4, -0.2) is 33.1 Å². The van der Waals surface area contributed by atoms with Crippen molar-refractivity contribution in [2.75, 3.05) is 16.8 Å². The van der Waals surface area contributed by atoms with Crippen LogP contribution in [0.2, 0.25) is 0 Å². The maximum atomic E-state index is 13.0. The molecular formula is C26H23N5O2. The molecule has 7 heteroatoms. The van der Waals surface area contributed by atoms with E-state index in [1.54, 1.807) is 34.1 Å². The number of carbonyl (C=O) groups excluding carboxylic acids is 2. The van der Waals surface area contributed by atoms with E-state index in [2.05, 4.69) is 15.4 Å². The Hall–Kier alpha value is -4.26. The van der Waals surface area contributed by atoms with Crippen molar-refractivity contribution < 1.29 is 9.59 Å². The van der Waals surface area contributed by atoms with Crippen LogP contribution < -0.4 is 10.2 Å². The third kappa shape index (κ3) is 4.52. The van der Waals surface area contributed by atoms with Gasteiger partial charge in [0.15, 0.2) is 5.82 Å². The van der Waals surface area contributed by atoms with Crippen molar-refractivity contribution in [3.8, 4) is 0 Å². The molecule has 0 aliphatic carbocycles. The topological polar surface area (TPSA) is 80.1 Å². The van der Waals surface area contributed by atoms with Crippen molar-refractivity contribution in [3.63, 3.8) is 0 Å². The van der Waals surface area contributed by atoms with E-state index < -0.39 is 0 Å². The zero-order valence-electron chi connectivity index (χ0n) is 18.0. The largest absolute Gasteiger partial charge is 0.308 e. The second-order valence-electron chi connectivity index (χ2n) is 7.98. The van der Waals surface area contributed by atoms with Gasteiger partial charge in [0, 0.05) is 48.0 Å². The Labute approximate surface area is 191 Å². The molecule has 1 N–H and O–H groups in total. The Morgan fingerprint density at radius 1 is 0.939 bits per heavy atom. The first-order valence-electron chi connectivity index (χ1n) is 10.9. The molecule has 0 saturated carbocycles. The summed E-state index contributed by atoms with van der Waals surface area (Å²) in [5.74, 6) is 0.250. The number of rotatable bonds is 5. The fourth-order valence-electron chi connectivity index (χ4n) is 4.07. The van der Waals surface area contributed by atoms with E-state index in [9.17, 15) is 9.59 Å². The molecule has 2 amide bonds. The molecule has 1 aliphatic heterocycles. The molecule has 0 fully saturated rings. The minimum atomic E-state index is -0.224. The summed E-state index contributed by atoms with van der Waals surface area (Å²) in [5.41, 5.74) is 4.16. The fourth-order valence-corrected chi connectivity index (χ4v) is 4.07. The molecule has 7 nitrogen and oxygen atoms in total. The maximum Gasteiger partial charge on any atom is 0.258 e. The molecule has 164 valence electrons. The van der Waals surface area contributed by atoms with Crippen molar-refractivity contribution in [3.05, 3.63) is 108 Å². The number of carbonyl (C=O) groups is 2. The fraction of sp³-hybridized carbons (Fsp3) is 0.154. The molecule has 0 unspecified atom stereocenters. The van der Waals surface area contributed by atoms with Gasteiger partial charge in [0.25, 0.3) is 11.8 Å². The summed E-state index contributed by atoms with van der Waals surface area (Å²) in [6.07, 6.45) is 7.00. The molecule has 2 aromatic carbocycles. The van der Waals surface area contributed by atoms with E-state index in [1.165, 1.54) is 0 Å². The molecule has 0 radical (unpaired) electrons. The van der Waals surface area contributed by atoms with E-state index in [1.807, 2.05) is 60.8 Å². The van der Waals surface area contributed by atoms with Gasteiger partial charge in [-0.2, -0.15) is 5.10 Å². The van der Waals surface area contributed by atoms with Crippen molar-refractivity contribution in [2.45, 2.75) is 19.4 Å². The Kier molecular flexibility index (Phi) is 5.68. The number of nitrogens with zero attached hydrogens (tertiary/aromatic N) is 4. The maximum absolute atomic E-state index is 13.0. The molecule has 0 saturated heterocycles. The van der Waals surface area contributed by atoms with Crippen molar-refractivity contribution in [1.29, 1.82) is 0 Å². The summed E-state index contributed by atoms with van der Waals surface area (Å²) in [7, 11) is 0. The number of hydrogen-bond acceptors (Lipinski definition) is 4. The first kappa shape index (κ1) is 20.6. The number of aromatic nitrogens is 3. The summed E-state index contributed by atoms with van der Waals surface area (Å²) in [5, 5.41) is 7.31. The molecule has 0 spiro atoms. The number of aryl methyl sites for hydroxylation is 1. The summed E-state index contributed by atoms with van der Waals surface area (Å²) >= 11 is 0. The number of pyridine rings is 1. The second-order valence-corrected chi connectivity index (χ2v) is 7.98. The quantitative estimate of drug-likeness (QED) is 0.508. The zero-order valence-corrected chi connectivity index (χ0v) is 18.0. The number of amides is 2. The average Bonchev–Trinajstić information content (AvgIpc) is 3.30. The van der Waals surface area contributed by atoms with Crippen molar-refractivity contribution >= 4 is 23.3 Å². The van der Waals surface area contributed by atoms with Gasteiger partial charge in [-0.3, -0.25) is 19.3 Å². The van der Waals surface area contributed by atoms with Gasteiger partial charge in [-0.15, -0.1) is 0 Å². The van der Waals surface area contributed by atoms with Crippen LogP contribution in [0.25, 0.3) is 0 Å². The standard InChI is InChI=1S/C26H23N5O2/c32-25(28-24-12-16-30(29-24)18-19-10-13-27-14-11-19)22-8-9-23-21(17-22)7-4-15-31(23)26(33)20-5-2-1-3-6-20/h1-3,5-6,8-14,16-17H,4,7,15,18H2,(H,28,29,32). The minimum absolute atomic E-state index is 0.0199. The van der Waals surface area contributed by atoms with E-state index in [4.69, 9.17) is 0 Å². The summed E-state index contributed by atoms with van der Waals surface area (Å²) in [6, 6.07) is 20.4. The number of nitrogens with one attached hydrogen (secondary N) is 1. The molecule has 4 aromatic rings. The SMILES string of the molecule is O=C(Nc1ccn(Cc2ccncc2)n1)c1ccc2c(c1)CCCN2C(=O)c1ccccc1. The smallest absolute Gasteiger partial charge is 0.258 e. The summed E-state index contributed by atoms with van der Waals surface area (Å²) in [4.78, 5) is 31.7. The molecule has 5 rings (SSSR count). The summed E-state index contributed by atoms with van der Waals surface area (Å²) in [6.45, 7) is 1.27. The van der Waals surface area contributed by atoms with E-state index in [0.29, 0.717) is 30.0 Å². The highest BCUT2D eigenvalue weighted by Gasteiger charge is 2.24. The molecule has 2 aromatic heterocycles. The van der Waals surface area contributed by atoms with Gasteiger partial charge in [-0.1, -0.05) is 18.2 Å². The highest BCUT2D eigenvalue weighted by atomic mass is 16.2. The second kappa shape index (κ2) is 9.08. The Balaban J connectivity index is 1.30. The predicted molar refractivity (Wildman–Crippen MR) is 126 cm³/mol. The van der Waals surface area contributed by atoms with Gasteiger partial charge >= 0.3 is 0 Å². The molecule has 0 atom stereocenters. The Morgan fingerprint density at radius 2 is 1.76 bits per heavy atom. The van der Waals surface area contributed by atoms with E-state index in [0.717, 1.165) is 29.7 Å². The molecular weight excluding hydrogens is 414 g/mol. The first-order valence-corrected chi connectivity index (χ1v) is 10.9. The van der Waals surface area contributed by atoms with Crippen LogP contribution >= 0.6 is 0 Å². The van der Waals surface area contributed by atoms with Gasteiger partial charge in [-0.05, 0) is 66.4 Å². The third-order valence-corrected chi connectivity index (χ3v) is 5.70. The number of fused-ring (bicyclic) bond motifs is 1. The minimum Gasteiger partial charge on any atom is -0.308 e. The van der Waals surface area contributed by atoms with Gasteiger partial charge in [0.05, 0.1) is 6.54 Å². The van der Waals surface area contributed by atoms with Gasteiger partial charge < -0.3 is 10.2 Å². The highest BCUT2D eigenvalue weighted by Crippen LogP contribution is 2.29. The third-order valence-electron chi connectivity index (χ3n) is 5.70. The van der Waals surface area contributed by atoms with Crippen LogP contribution in [0.3, 0.4) is 0 Å². The van der Waals surface area contributed by atoms with Gasteiger partial charge in [0.1, 0.15) is 0 Å². The normalized spacial score (nSPS) is 12.8. The number of hydrogen-bond donors (Lipinski definition) is 1. The van der Waals surface area contributed by atoms with Crippen LogP contribution in [0.1, 0.15) is 38.3 Å². The van der Waals surface area contributed by atoms with Crippen LogP contribution in [0.4, 0.5) is 11.5 Å². The van der Waals surface area contributed by atoms with Crippen LogP contribution in [-0.2, 0) is 13.0 Å². The lowest BCUT2D eigenvalue weighted by Crippen LogP contribution is -2.35. The lowest BCUT2D eigenvalue weighted by Gasteiger charge is -2.30. The van der Waals surface area contributed by atoms with Gasteiger partial charge in [-0.25, -0.2) is 0 Å². The highest BCUT2D eigenvalue weighted by molar-refractivity contribution is 6.08. The molecule has 33 heavy (non-hydrogen) atoms. The Morgan fingerprint density at radius 3 is 2.58 bits per heavy atom. The summed E-state index contributed by atoms with van der Waals surface area (Å²) < 4.78 is 1.77. The van der Waals surface area contributed by atoms with Gasteiger partial charge in [0.2, 0.25) is 0 Å². The lowest BCUT2D eigenvalue weighted by atomic mass is 9.98. The molecule has 1 aliphatic rings. The monoisotopic (exact) mass is 437 g/mol. The van der Waals surface area contributed by atoms with Crippen LogP contribution in [0, 0.1) is 0 Å². The Bertz CT molecular complexity index is 1280. The molecule has 3 heterocycles. The molecule has 0 bridgehead atoms. The first-order chi connectivity index (χ1) is 16.2. The lowest BCUT2D eigenvalue weighted by molar-refractivity contribution is 0.0984. The zero-order chi connectivity index (χ0) is 22.6. The van der Waals surface area contributed by atoms with Crippen LogP contribution in [0.15, 0.2) is 85.3 Å².